The Morgan fingerprint density at radius 3 is 3.10 bits per heavy atom. The smallest absolute Gasteiger partial charge is 0.296 e. The molecular weight excluding hydrogens is 294 g/mol. The number of fused-ring (bicyclic) bond motifs is 1. The predicted molar refractivity (Wildman–Crippen MR) is 81.2 cm³/mol. The van der Waals surface area contributed by atoms with Gasteiger partial charge in [0.2, 0.25) is 0 Å². The molecule has 0 spiro atoms. The van der Waals surface area contributed by atoms with Gasteiger partial charge in [0.05, 0.1) is 16.7 Å². The lowest BCUT2D eigenvalue weighted by atomic mass is 10.2. The summed E-state index contributed by atoms with van der Waals surface area (Å²) in [4.78, 5) is 22.1. The summed E-state index contributed by atoms with van der Waals surface area (Å²) in [6, 6.07) is 2.93. The molecule has 112 valence electrons. The van der Waals surface area contributed by atoms with Crippen LogP contribution in [0.25, 0.3) is 0 Å². The zero-order valence-corrected chi connectivity index (χ0v) is 12.1. The molecule has 2 N–H and O–H groups in total. The fourth-order valence-electron chi connectivity index (χ4n) is 2.44. The minimum Gasteiger partial charge on any atom is -0.481 e. The molecule has 0 bridgehead atoms. The molecule has 1 amide bonds. The summed E-state index contributed by atoms with van der Waals surface area (Å²) in [7, 11) is 0. The van der Waals surface area contributed by atoms with Crippen molar-refractivity contribution < 1.29 is 14.5 Å². The summed E-state index contributed by atoms with van der Waals surface area (Å²) >= 11 is 1.88. The van der Waals surface area contributed by atoms with Crippen LogP contribution in [0.3, 0.4) is 0 Å². The minimum atomic E-state index is -0.440. The number of nitro groups is 1. The molecule has 1 aromatic rings. The number of rotatable bonds is 4. The molecule has 7 nitrogen and oxygen atoms in total. The van der Waals surface area contributed by atoms with E-state index in [-0.39, 0.29) is 18.2 Å². The van der Waals surface area contributed by atoms with Gasteiger partial charge in [0.25, 0.3) is 11.6 Å². The maximum absolute atomic E-state index is 11.3. The summed E-state index contributed by atoms with van der Waals surface area (Å²) in [5, 5.41) is 17.5. The van der Waals surface area contributed by atoms with Crippen LogP contribution in [-0.4, -0.2) is 35.0 Å². The Balaban J connectivity index is 1.84. The van der Waals surface area contributed by atoms with Crippen molar-refractivity contribution in [2.24, 2.45) is 0 Å². The van der Waals surface area contributed by atoms with E-state index in [1.165, 1.54) is 12.5 Å². The van der Waals surface area contributed by atoms with Crippen LogP contribution in [-0.2, 0) is 4.79 Å². The largest absolute Gasteiger partial charge is 0.481 e. The van der Waals surface area contributed by atoms with E-state index in [1.807, 2.05) is 11.8 Å². The first-order valence-electron chi connectivity index (χ1n) is 6.74. The topological polar surface area (TPSA) is 93.5 Å². The van der Waals surface area contributed by atoms with Crippen LogP contribution in [0.15, 0.2) is 12.1 Å². The highest BCUT2D eigenvalue weighted by Crippen LogP contribution is 2.38. The molecule has 1 unspecified atom stereocenters. The molecule has 0 aromatic heterocycles. The van der Waals surface area contributed by atoms with Gasteiger partial charge in [0.1, 0.15) is 5.69 Å². The number of hydrogen-bond donors (Lipinski definition) is 2. The van der Waals surface area contributed by atoms with E-state index in [9.17, 15) is 14.9 Å². The Morgan fingerprint density at radius 1 is 1.52 bits per heavy atom. The summed E-state index contributed by atoms with van der Waals surface area (Å²) in [6.45, 7) is 0.564. The van der Waals surface area contributed by atoms with E-state index in [4.69, 9.17) is 4.74 Å². The first-order valence-corrected chi connectivity index (χ1v) is 7.79. The van der Waals surface area contributed by atoms with Gasteiger partial charge in [0.15, 0.2) is 12.4 Å². The normalized spacial score (nSPS) is 20.4. The van der Waals surface area contributed by atoms with Gasteiger partial charge in [0, 0.05) is 11.8 Å². The second-order valence-corrected chi connectivity index (χ2v) is 6.38. The minimum absolute atomic E-state index is 0.0344. The van der Waals surface area contributed by atoms with Crippen LogP contribution in [0.4, 0.5) is 17.1 Å². The molecule has 3 rings (SSSR count). The van der Waals surface area contributed by atoms with Crippen LogP contribution in [0.5, 0.6) is 5.75 Å². The number of ether oxygens (including phenoxy) is 1. The fourth-order valence-corrected chi connectivity index (χ4v) is 3.64. The summed E-state index contributed by atoms with van der Waals surface area (Å²) < 4.78 is 5.21. The highest BCUT2D eigenvalue weighted by molar-refractivity contribution is 8.00. The standard InChI is InChI=1S/C13H15N3O4S/c17-13-7-20-12-5-11(16(18)19)9(4-10(12)15-13)14-6-8-2-1-3-21-8/h4-5,8,14H,1-3,6-7H2,(H,15,17). The van der Waals surface area contributed by atoms with Crippen LogP contribution in [0.1, 0.15) is 12.8 Å². The van der Waals surface area contributed by atoms with Gasteiger partial charge in [-0.05, 0) is 24.7 Å². The number of amides is 1. The Labute approximate surface area is 125 Å². The van der Waals surface area contributed by atoms with Crippen molar-refractivity contribution in [1.82, 2.24) is 0 Å². The molecule has 8 heteroatoms. The van der Waals surface area contributed by atoms with Gasteiger partial charge in [-0.2, -0.15) is 11.8 Å². The number of carbonyl (C=O) groups excluding carboxylic acids is 1. The van der Waals surface area contributed by atoms with E-state index >= 15 is 0 Å². The zero-order valence-electron chi connectivity index (χ0n) is 11.3. The van der Waals surface area contributed by atoms with E-state index in [0.29, 0.717) is 28.9 Å². The zero-order chi connectivity index (χ0) is 14.8. The van der Waals surface area contributed by atoms with Crippen molar-refractivity contribution in [3.05, 3.63) is 22.2 Å². The maximum atomic E-state index is 11.3. The van der Waals surface area contributed by atoms with Crippen molar-refractivity contribution >= 4 is 34.7 Å². The molecule has 1 atom stereocenters. The lowest BCUT2D eigenvalue weighted by Crippen LogP contribution is -2.25. The monoisotopic (exact) mass is 309 g/mol. The second kappa shape index (κ2) is 5.80. The molecule has 0 radical (unpaired) electrons. The van der Waals surface area contributed by atoms with Crippen molar-refractivity contribution in [3.8, 4) is 5.75 Å². The van der Waals surface area contributed by atoms with Crippen molar-refractivity contribution in [3.63, 3.8) is 0 Å². The molecule has 2 aliphatic heterocycles. The summed E-state index contributed by atoms with van der Waals surface area (Å²) in [5.74, 6) is 1.22. The van der Waals surface area contributed by atoms with Crippen LogP contribution >= 0.6 is 11.8 Å². The highest BCUT2D eigenvalue weighted by Gasteiger charge is 2.24. The van der Waals surface area contributed by atoms with Crippen molar-refractivity contribution in [1.29, 1.82) is 0 Å². The SMILES string of the molecule is O=C1COc2cc([N+](=O)[O-])c(NCC3CCCS3)cc2N1. The Bertz CT molecular complexity index is 587. The molecule has 2 aliphatic rings. The molecule has 0 saturated carbocycles. The van der Waals surface area contributed by atoms with Gasteiger partial charge in [-0.15, -0.1) is 0 Å². The van der Waals surface area contributed by atoms with Gasteiger partial charge >= 0.3 is 0 Å². The first kappa shape index (κ1) is 14.0. The van der Waals surface area contributed by atoms with Crippen molar-refractivity contribution in [2.45, 2.75) is 18.1 Å². The lowest BCUT2D eigenvalue weighted by Gasteiger charge is -2.19. The number of nitrogens with one attached hydrogen (secondary N) is 2. The molecule has 21 heavy (non-hydrogen) atoms. The van der Waals surface area contributed by atoms with Crippen LogP contribution < -0.4 is 15.4 Å². The van der Waals surface area contributed by atoms with E-state index in [2.05, 4.69) is 10.6 Å². The Hall–Kier alpha value is -1.96. The lowest BCUT2D eigenvalue weighted by molar-refractivity contribution is -0.384. The molecule has 1 saturated heterocycles. The predicted octanol–water partition coefficient (Wildman–Crippen LogP) is 2.23. The number of carbonyl (C=O) groups is 1. The average Bonchev–Trinajstić information content (AvgIpc) is 2.97. The van der Waals surface area contributed by atoms with E-state index in [0.717, 1.165) is 12.2 Å². The number of anilines is 2. The van der Waals surface area contributed by atoms with Crippen LogP contribution in [0.2, 0.25) is 0 Å². The maximum Gasteiger partial charge on any atom is 0.296 e. The number of hydrogen-bond acceptors (Lipinski definition) is 6. The van der Waals surface area contributed by atoms with Gasteiger partial charge in [-0.3, -0.25) is 14.9 Å². The molecule has 1 fully saturated rings. The second-order valence-electron chi connectivity index (χ2n) is 4.98. The number of benzene rings is 1. The molecule has 0 aliphatic carbocycles. The van der Waals surface area contributed by atoms with Crippen molar-refractivity contribution in [2.75, 3.05) is 29.5 Å². The average molecular weight is 309 g/mol. The highest BCUT2D eigenvalue weighted by atomic mass is 32.2. The quantitative estimate of drug-likeness (QED) is 0.654. The Kier molecular flexibility index (Phi) is 3.87. The third kappa shape index (κ3) is 3.05. The number of thioether (sulfide) groups is 1. The Morgan fingerprint density at radius 2 is 2.38 bits per heavy atom. The third-order valence-corrected chi connectivity index (χ3v) is 4.87. The van der Waals surface area contributed by atoms with Gasteiger partial charge < -0.3 is 15.4 Å². The molecule has 2 heterocycles. The fraction of sp³-hybridized carbons (Fsp3) is 0.462. The van der Waals surface area contributed by atoms with E-state index in [1.54, 1.807) is 6.07 Å². The molecule has 1 aromatic carbocycles. The molecular formula is C13H15N3O4S. The van der Waals surface area contributed by atoms with Gasteiger partial charge in [-0.25, -0.2) is 0 Å². The number of nitrogens with zero attached hydrogens (tertiary/aromatic N) is 1. The van der Waals surface area contributed by atoms with Gasteiger partial charge in [-0.1, -0.05) is 0 Å². The summed E-state index contributed by atoms with van der Waals surface area (Å²) in [6.07, 6.45) is 2.31. The van der Waals surface area contributed by atoms with Crippen LogP contribution in [0, 0.1) is 10.1 Å². The third-order valence-electron chi connectivity index (χ3n) is 3.47. The number of nitro benzene ring substituents is 1. The summed E-state index contributed by atoms with van der Waals surface area (Å²) in [5.41, 5.74) is 0.850. The first-order chi connectivity index (χ1) is 10.1. The van der Waals surface area contributed by atoms with E-state index < -0.39 is 4.92 Å².